The molecule has 0 spiro atoms. The SMILES string of the molecule is CNCc1cc(Cl)ccc1Oc1ccc(F)cc1Br. The summed E-state index contributed by atoms with van der Waals surface area (Å²) >= 11 is 9.24. The van der Waals surface area contributed by atoms with Crippen LogP contribution in [0.5, 0.6) is 11.5 Å². The maximum absolute atomic E-state index is 13.0. The van der Waals surface area contributed by atoms with Crippen LogP contribution in [-0.4, -0.2) is 7.05 Å². The van der Waals surface area contributed by atoms with Gasteiger partial charge in [0.2, 0.25) is 0 Å². The summed E-state index contributed by atoms with van der Waals surface area (Å²) in [6, 6.07) is 9.69. The third-order valence-corrected chi connectivity index (χ3v) is 3.36. The minimum atomic E-state index is -0.314. The Labute approximate surface area is 124 Å². The molecule has 0 aliphatic rings. The van der Waals surface area contributed by atoms with Crippen molar-refractivity contribution in [2.75, 3.05) is 7.05 Å². The Morgan fingerprint density at radius 3 is 2.63 bits per heavy atom. The van der Waals surface area contributed by atoms with Crippen LogP contribution >= 0.6 is 27.5 Å². The molecule has 0 heterocycles. The van der Waals surface area contributed by atoms with Crippen molar-refractivity contribution in [2.24, 2.45) is 0 Å². The topological polar surface area (TPSA) is 21.3 Å². The van der Waals surface area contributed by atoms with E-state index in [4.69, 9.17) is 16.3 Å². The molecule has 2 nitrogen and oxygen atoms in total. The molecular formula is C14H12BrClFNO. The van der Waals surface area contributed by atoms with E-state index >= 15 is 0 Å². The first kappa shape index (κ1) is 14.3. The Bertz CT molecular complexity index is 592. The lowest BCUT2D eigenvalue weighted by Crippen LogP contribution is -2.06. The van der Waals surface area contributed by atoms with E-state index in [2.05, 4.69) is 21.2 Å². The van der Waals surface area contributed by atoms with Gasteiger partial charge in [-0.05, 0) is 59.4 Å². The zero-order valence-corrected chi connectivity index (χ0v) is 12.6. The molecule has 0 aliphatic carbocycles. The number of hydrogen-bond donors (Lipinski definition) is 1. The van der Waals surface area contributed by atoms with Crippen LogP contribution in [0.25, 0.3) is 0 Å². The van der Waals surface area contributed by atoms with Crippen molar-refractivity contribution in [3.05, 3.63) is 57.3 Å². The van der Waals surface area contributed by atoms with E-state index in [1.165, 1.54) is 12.1 Å². The average molecular weight is 345 g/mol. The Morgan fingerprint density at radius 1 is 1.21 bits per heavy atom. The average Bonchev–Trinajstić information content (AvgIpc) is 2.36. The number of benzene rings is 2. The second-order valence-electron chi connectivity index (χ2n) is 3.96. The zero-order valence-electron chi connectivity index (χ0n) is 10.2. The Hall–Kier alpha value is -1.10. The van der Waals surface area contributed by atoms with Crippen LogP contribution in [0.2, 0.25) is 5.02 Å². The second-order valence-corrected chi connectivity index (χ2v) is 5.25. The van der Waals surface area contributed by atoms with E-state index in [0.717, 1.165) is 5.56 Å². The number of nitrogens with one attached hydrogen (secondary N) is 1. The van der Waals surface area contributed by atoms with Gasteiger partial charge in [-0.25, -0.2) is 4.39 Å². The van der Waals surface area contributed by atoms with Crippen LogP contribution < -0.4 is 10.1 Å². The summed E-state index contributed by atoms with van der Waals surface area (Å²) in [6.45, 7) is 0.634. The van der Waals surface area contributed by atoms with Gasteiger partial charge in [0.1, 0.15) is 17.3 Å². The number of halogens is 3. The molecule has 0 saturated carbocycles. The molecule has 0 aromatic heterocycles. The molecule has 2 aromatic carbocycles. The Kier molecular flexibility index (Phi) is 4.80. The number of rotatable bonds is 4. The molecule has 0 atom stereocenters. The Balaban J connectivity index is 2.32. The molecule has 0 fully saturated rings. The van der Waals surface area contributed by atoms with Gasteiger partial charge in [-0.1, -0.05) is 11.6 Å². The third kappa shape index (κ3) is 3.69. The van der Waals surface area contributed by atoms with Crippen molar-refractivity contribution in [1.82, 2.24) is 5.32 Å². The normalized spacial score (nSPS) is 10.5. The van der Waals surface area contributed by atoms with Crippen molar-refractivity contribution in [1.29, 1.82) is 0 Å². The van der Waals surface area contributed by atoms with Gasteiger partial charge in [0, 0.05) is 17.1 Å². The highest BCUT2D eigenvalue weighted by atomic mass is 79.9. The molecule has 0 radical (unpaired) electrons. The van der Waals surface area contributed by atoms with Gasteiger partial charge in [-0.15, -0.1) is 0 Å². The van der Waals surface area contributed by atoms with Gasteiger partial charge >= 0.3 is 0 Å². The van der Waals surface area contributed by atoms with Gasteiger partial charge in [-0.3, -0.25) is 0 Å². The molecular weight excluding hydrogens is 333 g/mol. The first-order valence-electron chi connectivity index (χ1n) is 5.66. The second kappa shape index (κ2) is 6.37. The molecule has 0 amide bonds. The molecule has 19 heavy (non-hydrogen) atoms. The van der Waals surface area contributed by atoms with Crippen molar-refractivity contribution >= 4 is 27.5 Å². The molecule has 1 N–H and O–H groups in total. The molecule has 0 aliphatic heterocycles. The summed E-state index contributed by atoms with van der Waals surface area (Å²) in [4.78, 5) is 0. The van der Waals surface area contributed by atoms with Crippen LogP contribution in [0, 0.1) is 5.82 Å². The summed E-state index contributed by atoms with van der Waals surface area (Å²) in [7, 11) is 1.85. The minimum Gasteiger partial charge on any atom is -0.456 e. The lowest BCUT2D eigenvalue weighted by molar-refractivity contribution is 0.469. The maximum Gasteiger partial charge on any atom is 0.141 e. The van der Waals surface area contributed by atoms with Crippen molar-refractivity contribution in [3.63, 3.8) is 0 Å². The van der Waals surface area contributed by atoms with Crippen molar-refractivity contribution in [3.8, 4) is 11.5 Å². The fourth-order valence-corrected chi connectivity index (χ4v) is 2.28. The Morgan fingerprint density at radius 2 is 1.95 bits per heavy atom. The molecule has 0 unspecified atom stereocenters. The number of hydrogen-bond acceptors (Lipinski definition) is 2. The lowest BCUT2D eigenvalue weighted by Gasteiger charge is -2.12. The van der Waals surface area contributed by atoms with Crippen molar-refractivity contribution in [2.45, 2.75) is 6.54 Å². The summed E-state index contributed by atoms with van der Waals surface area (Å²) in [5.41, 5.74) is 0.936. The van der Waals surface area contributed by atoms with E-state index in [1.807, 2.05) is 13.1 Å². The maximum atomic E-state index is 13.0. The van der Waals surface area contributed by atoms with Gasteiger partial charge in [0.15, 0.2) is 0 Å². The van der Waals surface area contributed by atoms with Gasteiger partial charge in [0.05, 0.1) is 4.47 Å². The summed E-state index contributed by atoms with van der Waals surface area (Å²) in [5, 5.41) is 3.70. The summed E-state index contributed by atoms with van der Waals surface area (Å²) < 4.78 is 19.4. The molecule has 100 valence electrons. The predicted octanol–water partition coefficient (Wildman–Crippen LogP) is 4.75. The monoisotopic (exact) mass is 343 g/mol. The quantitative estimate of drug-likeness (QED) is 0.864. The smallest absolute Gasteiger partial charge is 0.141 e. The van der Waals surface area contributed by atoms with E-state index in [1.54, 1.807) is 18.2 Å². The van der Waals surface area contributed by atoms with Crippen molar-refractivity contribution < 1.29 is 9.13 Å². The lowest BCUT2D eigenvalue weighted by atomic mass is 10.2. The molecule has 2 rings (SSSR count). The first-order chi connectivity index (χ1) is 9.10. The van der Waals surface area contributed by atoms with Crippen LogP contribution in [0.4, 0.5) is 4.39 Å². The molecule has 0 bridgehead atoms. The predicted molar refractivity (Wildman–Crippen MR) is 78.4 cm³/mol. The minimum absolute atomic E-state index is 0.314. The largest absolute Gasteiger partial charge is 0.456 e. The van der Waals surface area contributed by atoms with Crippen LogP contribution in [0.1, 0.15) is 5.56 Å². The fourth-order valence-electron chi connectivity index (χ4n) is 1.65. The van der Waals surface area contributed by atoms with E-state index in [0.29, 0.717) is 27.5 Å². The highest BCUT2D eigenvalue weighted by Gasteiger charge is 2.08. The molecule has 2 aromatic rings. The first-order valence-corrected chi connectivity index (χ1v) is 6.83. The van der Waals surface area contributed by atoms with Gasteiger partial charge in [0.25, 0.3) is 0 Å². The molecule has 5 heteroatoms. The van der Waals surface area contributed by atoms with Gasteiger partial charge < -0.3 is 10.1 Å². The summed E-state index contributed by atoms with van der Waals surface area (Å²) in [6.07, 6.45) is 0. The highest BCUT2D eigenvalue weighted by Crippen LogP contribution is 2.33. The highest BCUT2D eigenvalue weighted by molar-refractivity contribution is 9.10. The number of ether oxygens (including phenoxy) is 1. The van der Waals surface area contributed by atoms with Crippen LogP contribution in [0.3, 0.4) is 0 Å². The fraction of sp³-hybridized carbons (Fsp3) is 0.143. The molecule has 0 saturated heterocycles. The standard InChI is InChI=1S/C14H12BrClFNO/c1-18-8-9-6-10(16)2-4-13(9)19-14-5-3-11(17)7-12(14)15/h2-7,18H,8H2,1H3. The zero-order chi connectivity index (χ0) is 13.8. The van der Waals surface area contributed by atoms with E-state index < -0.39 is 0 Å². The van der Waals surface area contributed by atoms with Crippen LogP contribution in [0.15, 0.2) is 40.9 Å². The van der Waals surface area contributed by atoms with Gasteiger partial charge in [-0.2, -0.15) is 0 Å². The van der Waals surface area contributed by atoms with Crippen LogP contribution in [-0.2, 0) is 6.54 Å². The van der Waals surface area contributed by atoms with E-state index in [9.17, 15) is 4.39 Å². The third-order valence-electron chi connectivity index (χ3n) is 2.50. The summed E-state index contributed by atoms with van der Waals surface area (Å²) in [5.74, 6) is 0.929. The van der Waals surface area contributed by atoms with E-state index in [-0.39, 0.29) is 5.82 Å².